The molecule has 0 amide bonds. The molecule has 1 aromatic heterocycles. The minimum atomic E-state index is 0.643. The molecule has 2 rings (SSSR count). The summed E-state index contributed by atoms with van der Waals surface area (Å²) >= 11 is 0. The van der Waals surface area contributed by atoms with Crippen LogP contribution in [0.5, 0.6) is 0 Å². The van der Waals surface area contributed by atoms with Crippen LogP contribution in [0.3, 0.4) is 0 Å². The van der Waals surface area contributed by atoms with Crippen LogP contribution in [0.4, 0.5) is 0 Å². The van der Waals surface area contributed by atoms with E-state index in [0.29, 0.717) is 11.8 Å². The molecule has 1 heterocycles. The first-order valence-corrected chi connectivity index (χ1v) is 4.03. The fourth-order valence-corrected chi connectivity index (χ4v) is 1.50. The standard InChI is InChI=1S/C8H13N3/c1-5-2-8(11-10-5)7-3-6(7)4-9/h2,6-7H,3-4,9H2,1H3,(H,10,11)/t6-,7+/m0/s1. The van der Waals surface area contributed by atoms with E-state index in [1.54, 1.807) is 0 Å². The second kappa shape index (κ2) is 2.34. The first-order chi connectivity index (χ1) is 5.31. The molecule has 3 nitrogen and oxygen atoms in total. The summed E-state index contributed by atoms with van der Waals surface area (Å²) in [5.41, 5.74) is 7.86. The molecule has 3 N–H and O–H groups in total. The Morgan fingerprint density at radius 2 is 2.64 bits per heavy atom. The van der Waals surface area contributed by atoms with Crippen molar-refractivity contribution in [1.29, 1.82) is 0 Å². The lowest BCUT2D eigenvalue weighted by Crippen LogP contribution is -2.01. The minimum absolute atomic E-state index is 0.643. The molecule has 0 aliphatic heterocycles. The van der Waals surface area contributed by atoms with E-state index in [9.17, 15) is 0 Å². The Kier molecular flexibility index (Phi) is 1.46. The number of hydrogen-bond acceptors (Lipinski definition) is 2. The number of aromatic amines is 1. The molecule has 2 atom stereocenters. The molecule has 60 valence electrons. The molecule has 0 aromatic carbocycles. The van der Waals surface area contributed by atoms with Crippen molar-refractivity contribution < 1.29 is 0 Å². The van der Waals surface area contributed by atoms with Crippen LogP contribution in [0.15, 0.2) is 6.07 Å². The van der Waals surface area contributed by atoms with E-state index in [2.05, 4.69) is 16.3 Å². The Hall–Kier alpha value is -0.830. The largest absolute Gasteiger partial charge is 0.330 e. The maximum Gasteiger partial charge on any atom is 0.0659 e. The number of nitrogens with zero attached hydrogens (tertiary/aromatic N) is 1. The van der Waals surface area contributed by atoms with E-state index < -0.39 is 0 Å². The van der Waals surface area contributed by atoms with Crippen molar-refractivity contribution in [3.8, 4) is 0 Å². The topological polar surface area (TPSA) is 54.7 Å². The Morgan fingerprint density at radius 3 is 3.09 bits per heavy atom. The van der Waals surface area contributed by atoms with E-state index in [4.69, 9.17) is 5.73 Å². The van der Waals surface area contributed by atoms with Gasteiger partial charge in [-0.25, -0.2) is 0 Å². The third-order valence-electron chi connectivity index (χ3n) is 2.33. The van der Waals surface area contributed by atoms with Crippen LogP contribution < -0.4 is 5.73 Å². The van der Waals surface area contributed by atoms with Crippen molar-refractivity contribution in [3.05, 3.63) is 17.5 Å². The molecule has 1 fully saturated rings. The molecule has 0 bridgehead atoms. The summed E-state index contributed by atoms with van der Waals surface area (Å²) < 4.78 is 0. The second-order valence-electron chi connectivity index (χ2n) is 3.31. The Bertz CT molecular complexity index is 254. The summed E-state index contributed by atoms with van der Waals surface area (Å²) in [4.78, 5) is 0. The molecule has 0 unspecified atom stereocenters. The number of nitrogens with two attached hydrogens (primary N) is 1. The third-order valence-corrected chi connectivity index (χ3v) is 2.33. The molecular formula is C8H13N3. The average Bonchev–Trinajstić information content (AvgIpc) is 2.68. The van der Waals surface area contributed by atoms with Crippen LogP contribution >= 0.6 is 0 Å². The van der Waals surface area contributed by atoms with Crippen LogP contribution in [-0.2, 0) is 0 Å². The smallest absolute Gasteiger partial charge is 0.0659 e. The number of rotatable bonds is 2. The van der Waals surface area contributed by atoms with Gasteiger partial charge in [0.2, 0.25) is 0 Å². The molecule has 0 radical (unpaired) electrons. The number of aryl methyl sites for hydroxylation is 1. The number of hydrogen-bond donors (Lipinski definition) is 2. The highest BCUT2D eigenvalue weighted by molar-refractivity contribution is 5.19. The zero-order valence-electron chi connectivity index (χ0n) is 6.67. The Balaban J connectivity index is 2.08. The van der Waals surface area contributed by atoms with Gasteiger partial charge in [-0.2, -0.15) is 5.10 Å². The average molecular weight is 151 g/mol. The highest BCUT2D eigenvalue weighted by Gasteiger charge is 2.38. The fraction of sp³-hybridized carbons (Fsp3) is 0.625. The lowest BCUT2D eigenvalue weighted by atomic mass is 10.2. The van der Waals surface area contributed by atoms with Gasteiger partial charge in [-0.05, 0) is 31.9 Å². The first-order valence-electron chi connectivity index (χ1n) is 4.03. The number of H-pyrrole nitrogens is 1. The Labute approximate surface area is 66.0 Å². The minimum Gasteiger partial charge on any atom is -0.330 e. The van der Waals surface area contributed by atoms with Gasteiger partial charge in [0.25, 0.3) is 0 Å². The predicted molar refractivity (Wildman–Crippen MR) is 43.2 cm³/mol. The van der Waals surface area contributed by atoms with Crippen LogP contribution in [0.2, 0.25) is 0 Å². The summed E-state index contributed by atoms with van der Waals surface area (Å²) in [5.74, 6) is 1.34. The summed E-state index contributed by atoms with van der Waals surface area (Å²) in [7, 11) is 0. The first kappa shape index (κ1) is 6.85. The van der Waals surface area contributed by atoms with Crippen molar-refractivity contribution >= 4 is 0 Å². The van der Waals surface area contributed by atoms with Gasteiger partial charge in [0.1, 0.15) is 0 Å². The normalized spacial score (nSPS) is 28.9. The summed E-state index contributed by atoms with van der Waals surface area (Å²) in [6.45, 7) is 2.83. The van der Waals surface area contributed by atoms with Gasteiger partial charge in [-0.15, -0.1) is 0 Å². The van der Waals surface area contributed by atoms with E-state index >= 15 is 0 Å². The van der Waals surface area contributed by atoms with Crippen molar-refractivity contribution in [2.24, 2.45) is 11.7 Å². The van der Waals surface area contributed by atoms with Gasteiger partial charge in [0, 0.05) is 11.6 Å². The highest BCUT2D eigenvalue weighted by atomic mass is 15.1. The SMILES string of the molecule is Cc1cc([C@@H]2C[C@H]2CN)n[nH]1. The van der Waals surface area contributed by atoms with Gasteiger partial charge < -0.3 is 5.73 Å². The fourth-order valence-electron chi connectivity index (χ4n) is 1.50. The van der Waals surface area contributed by atoms with Gasteiger partial charge >= 0.3 is 0 Å². The highest BCUT2D eigenvalue weighted by Crippen LogP contribution is 2.45. The maximum atomic E-state index is 5.53. The zero-order chi connectivity index (χ0) is 7.84. The Morgan fingerprint density at radius 1 is 1.82 bits per heavy atom. The lowest BCUT2D eigenvalue weighted by molar-refractivity contribution is 0.793. The molecule has 3 heteroatoms. The van der Waals surface area contributed by atoms with Gasteiger partial charge in [-0.3, -0.25) is 5.10 Å². The van der Waals surface area contributed by atoms with Gasteiger partial charge in [-0.1, -0.05) is 0 Å². The maximum absolute atomic E-state index is 5.53. The zero-order valence-corrected chi connectivity index (χ0v) is 6.67. The van der Waals surface area contributed by atoms with Crippen molar-refractivity contribution in [1.82, 2.24) is 10.2 Å². The van der Waals surface area contributed by atoms with E-state index in [-0.39, 0.29) is 0 Å². The van der Waals surface area contributed by atoms with Crippen LogP contribution in [0.1, 0.15) is 23.7 Å². The molecule has 1 aliphatic carbocycles. The molecule has 1 aliphatic rings. The molecule has 1 aromatic rings. The van der Waals surface area contributed by atoms with E-state index in [1.807, 2.05) is 6.92 Å². The van der Waals surface area contributed by atoms with Crippen molar-refractivity contribution in [2.75, 3.05) is 6.54 Å². The van der Waals surface area contributed by atoms with Gasteiger partial charge in [0.15, 0.2) is 0 Å². The summed E-state index contributed by atoms with van der Waals surface area (Å²) in [5, 5.41) is 7.14. The quantitative estimate of drug-likeness (QED) is 0.656. The predicted octanol–water partition coefficient (Wildman–Crippen LogP) is 0.780. The lowest BCUT2D eigenvalue weighted by Gasteiger charge is -1.88. The second-order valence-corrected chi connectivity index (χ2v) is 3.31. The summed E-state index contributed by atoms with van der Waals surface area (Å²) in [6.07, 6.45) is 1.22. The van der Waals surface area contributed by atoms with Crippen LogP contribution in [0, 0.1) is 12.8 Å². The van der Waals surface area contributed by atoms with Crippen molar-refractivity contribution in [3.63, 3.8) is 0 Å². The third kappa shape index (κ3) is 1.16. The molecular weight excluding hydrogens is 138 g/mol. The molecule has 1 saturated carbocycles. The molecule has 0 spiro atoms. The van der Waals surface area contributed by atoms with E-state index in [1.165, 1.54) is 12.1 Å². The summed E-state index contributed by atoms with van der Waals surface area (Å²) in [6, 6.07) is 2.11. The van der Waals surface area contributed by atoms with Crippen LogP contribution in [0.25, 0.3) is 0 Å². The number of nitrogens with one attached hydrogen (secondary N) is 1. The van der Waals surface area contributed by atoms with E-state index in [0.717, 1.165) is 12.2 Å². The molecule has 11 heavy (non-hydrogen) atoms. The number of aromatic nitrogens is 2. The van der Waals surface area contributed by atoms with Gasteiger partial charge in [0.05, 0.1) is 5.69 Å². The molecule has 0 saturated heterocycles. The monoisotopic (exact) mass is 151 g/mol. The van der Waals surface area contributed by atoms with Crippen molar-refractivity contribution in [2.45, 2.75) is 19.3 Å². The van der Waals surface area contributed by atoms with Crippen LogP contribution in [-0.4, -0.2) is 16.7 Å².